The van der Waals surface area contributed by atoms with Gasteiger partial charge in [0.1, 0.15) is 0 Å². The Hall–Kier alpha value is -1.21. The number of hydrogen-bond acceptors (Lipinski definition) is 2. The number of para-hydroxylation sites is 1. The van der Waals surface area contributed by atoms with Gasteiger partial charge in [-0.05, 0) is 37.0 Å². The molecule has 0 spiro atoms. The summed E-state index contributed by atoms with van der Waals surface area (Å²) in [4.78, 5) is 17.1. The number of likely N-dealkylation sites (tertiary alicyclic amines) is 1. The minimum absolute atomic E-state index is 0. The van der Waals surface area contributed by atoms with Crippen LogP contribution in [0.2, 0.25) is 0 Å². The zero-order valence-electron chi connectivity index (χ0n) is 15.8. The molecule has 1 amide bonds. The third-order valence-electron chi connectivity index (χ3n) is 5.09. The fourth-order valence-corrected chi connectivity index (χ4v) is 3.65. The fraction of sp³-hybridized carbons (Fsp3) is 0.409. The molecule has 2 aromatic rings. The number of nitrogens with zero attached hydrogens (tertiary/aromatic N) is 2. The van der Waals surface area contributed by atoms with Crippen molar-refractivity contribution in [3.8, 4) is 0 Å². The van der Waals surface area contributed by atoms with Crippen LogP contribution >= 0.6 is 0 Å². The Bertz CT molecular complexity index is 654. The molecule has 26 heavy (non-hydrogen) atoms. The van der Waals surface area contributed by atoms with Gasteiger partial charge in [0, 0.05) is 37.8 Å². The van der Waals surface area contributed by atoms with Crippen LogP contribution in [0.15, 0.2) is 60.7 Å². The molecule has 1 heterocycles. The number of carbonyl (C=O) groups is 1. The zero-order chi connectivity index (χ0) is 17.5. The van der Waals surface area contributed by atoms with Gasteiger partial charge in [0.25, 0.3) is 0 Å². The maximum atomic E-state index is 12.5. The number of hydrogen-bond donors (Lipinski definition) is 0. The number of anilines is 1. The molecule has 2 aromatic carbocycles. The van der Waals surface area contributed by atoms with Gasteiger partial charge in [-0.25, -0.2) is 0 Å². The van der Waals surface area contributed by atoms with Crippen molar-refractivity contribution >= 4 is 38.9 Å². The third kappa shape index (κ3) is 5.64. The van der Waals surface area contributed by atoms with E-state index in [1.165, 1.54) is 5.56 Å². The number of carbonyl (C=O) groups excluding carboxylic acids is 1. The van der Waals surface area contributed by atoms with Gasteiger partial charge in [-0.15, -0.1) is 0 Å². The van der Waals surface area contributed by atoms with Crippen LogP contribution in [-0.2, 0) is 11.2 Å². The summed E-state index contributed by atoms with van der Waals surface area (Å²) in [5.41, 5.74) is 2.44. The van der Waals surface area contributed by atoms with Gasteiger partial charge in [0.15, 0.2) is 0 Å². The molecule has 3 rings (SSSR count). The van der Waals surface area contributed by atoms with Gasteiger partial charge in [-0.2, -0.15) is 0 Å². The molecule has 0 N–H and O–H groups in total. The molecule has 0 atom stereocenters. The van der Waals surface area contributed by atoms with Gasteiger partial charge < -0.3 is 9.80 Å². The quantitative estimate of drug-likeness (QED) is 0.521. The molecule has 0 unspecified atom stereocenters. The van der Waals surface area contributed by atoms with E-state index in [2.05, 4.69) is 47.4 Å². The standard InChI is InChI=1S/C22H28N2O.Pb.2H/c1-2-22(25)24(20-11-7-4-8-12-20)21-14-17-23(18-15-21)16-13-19-9-5-3-6-10-19;;;/h3-12,21H,2,13-18H2,1H3;;;. The summed E-state index contributed by atoms with van der Waals surface area (Å²) in [7, 11) is 0. The van der Waals surface area contributed by atoms with E-state index in [0.717, 1.165) is 44.6 Å². The van der Waals surface area contributed by atoms with Crippen LogP contribution < -0.4 is 4.90 Å². The van der Waals surface area contributed by atoms with Crippen molar-refractivity contribution in [2.45, 2.75) is 38.6 Å². The van der Waals surface area contributed by atoms with Crippen LogP contribution in [0.4, 0.5) is 5.69 Å². The molecule has 0 aromatic heterocycles. The Morgan fingerprint density at radius 3 is 2.15 bits per heavy atom. The number of rotatable bonds is 6. The van der Waals surface area contributed by atoms with Crippen molar-refractivity contribution in [1.29, 1.82) is 0 Å². The number of benzene rings is 2. The molecule has 138 valence electrons. The minimum atomic E-state index is 0. The van der Waals surface area contributed by atoms with Crippen molar-refractivity contribution in [2.75, 3.05) is 24.5 Å². The summed E-state index contributed by atoms with van der Waals surface area (Å²) in [6.45, 7) is 5.19. The molecule has 1 aliphatic heterocycles. The van der Waals surface area contributed by atoms with E-state index < -0.39 is 0 Å². The van der Waals surface area contributed by atoms with Crippen molar-refractivity contribution in [3.05, 3.63) is 66.2 Å². The summed E-state index contributed by atoms with van der Waals surface area (Å²) in [6.07, 6.45) is 3.76. The van der Waals surface area contributed by atoms with Gasteiger partial charge in [0.2, 0.25) is 5.91 Å². The zero-order valence-corrected chi connectivity index (χ0v) is 21.3. The second-order valence-corrected chi connectivity index (χ2v) is 6.76. The number of piperidine rings is 1. The van der Waals surface area contributed by atoms with E-state index in [1.807, 2.05) is 30.0 Å². The Morgan fingerprint density at radius 2 is 1.58 bits per heavy atom. The summed E-state index contributed by atoms with van der Waals surface area (Å²) in [6, 6.07) is 21.1. The van der Waals surface area contributed by atoms with E-state index in [4.69, 9.17) is 0 Å². The van der Waals surface area contributed by atoms with E-state index in [-0.39, 0.29) is 33.2 Å². The van der Waals surface area contributed by atoms with Crippen LogP contribution in [0.1, 0.15) is 31.7 Å². The Kier molecular flexibility index (Phi) is 8.78. The van der Waals surface area contributed by atoms with Gasteiger partial charge in [-0.3, -0.25) is 4.79 Å². The van der Waals surface area contributed by atoms with Crippen molar-refractivity contribution < 1.29 is 4.79 Å². The average Bonchev–Trinajstić information content (AvgIpc) is 2.69. The first-order valence-corrected chi connectivity index (χ1v) is 9.41. The average molecular weight is 546 g/mol. The second kappa shape index (κ2) is 10.8. The van der Waals surface area contributed by atoms with E-state index in [0.29, 0.717) is 12.5 Å². The fourth-order valence-electron chi connectivity index (χ4n) is 3.65. The molecule has 0 bridgehead atoms. The van der Waals surface area contributed by atoms with E-state index in [9.17, 15) is 4.79 Å². The number of amides is 1. The summed E-state index contributed by atoms with van der Waals surface area (Å²) >= 11 is 0. The Balaban J connectivity index is 0.00000243. The van der Waals surface area contributed by atoms with Gasteiger partial charge in [-0.1, -0.05) is 55.5 Å². The Morgan fingerprint density at radius 1 is 1.00 bits per heavy atom. The van der Waals surface area contributed by atoms with Crippen molar-refractivity contribution in [3.63, 3.8) is 0 Å². The molecule has 1 saturated heterocycles. The van der Waals surface area contributed by atoms with Gasteiger partial charge >= 0.3 is 27.3 Å². The first-order chi connectivity index (χ1) is 12.3. The van der Waals surface area contributed by atoms with E-state index in [1.54, 1.807) is 0 Å². The van der Waals surface area contributed by atoms with Crippen molar-refractivity contribution in [2.24, 2.45) is 0 Å². The molecule has 0 saturated carbocycles. The second-order valence-electron chi connectivity index (χ2n) is 6.76. The monoisotopic (exact) mass is 546 g/mol. The summed E-state index contributed by atoms with van der Waals surface area (Å²) in [5, 5.41) is 0. The Labute approximate surface area is 177 Å². The maximum absolute atomic E-state index is 12.5. The molecular formula is C22H30N2OPb. The molecular weight excluding hydrogens is 515 g/mol. The molecule has 3 nitrogen and oxygen atoms in total. The predicted octanol–water partition coefficient (Wildman–Crippen LogP) is 3.22. The summed E-state index contributed by atoms with van der Waals surface area (Å²) in [5.74, 6) is 0.230. The van der Waals surface area contributed by atoms with Crippen LogP contribution in [0.3, 0.4) is 0 Å². The normalized spacial score (nSPS) is 15.3. The van der Waals surface area contributed by atoms with Crippen LogP contribution in [0.5, 0.6) is 0 Å². The molecule has 1 fully saturated rings. The molecule has 2 radical (unpaired) electrons. The first-order valence-electron chi connectivity index (χ1n) is 9.41. The first kappa shape index (κ1) is 21.1. The SMILES string of the molecule is CCC(=O)N(c1ccccc1)C1CCN(CCc2ccccc2)CC1.[PbH2]. The topological polar surface area (TPSA) is 23.6 Å². The van der Waals surface area contributed by atoms with Crippen LogP contribution in [0, 0.1) is 0 Å². The van der Waals surface area contributed by atoms with Gasteiger partial charge in [0.05, 0.1) is 0 Å². The molecule has 1 aliphatic rings. The predicted molar refractivity (Wildman–Crippen MR) is 112 cm³/mol. The van der Waals surface area contributed by atoms with Crippen LogP contribution in [0.25, 0.3) is 0 Å². The molecule has 0 aliphatic carbocycles. The van der Waals surface area contributed by atoms with Crippen molar-refractivity contribution in [1.82, 2.24) is 4.90 Å². The third-order valence-corrected chi connectivity index (χ3v) is 5.09. The molecule has 4 heteroatoms. The van der Waals surface area contributed by atoms with E-state index >= 15 is 0 Å². The van der Waals surface area contributed by atoms with Crippen LogP contribution in [-0.4, -0.2) is 63.8 Å². The summed E-state index contributed by atoms with van der Waals surface area (Å²) < 4.78 is 0.